The maximum Gasteiger partial charge on any atom is 0.220 e. The van der Waals surface area contributed by atoms with Gasteiger partial charge in [-0.1, -0.05) is 0 Å². The van der Waals surface area contributed by atoms with Crippen LogP contribution in [-0.2, 0) is 4.79 Å². The Morgan fingerprint density at radius 1 is 1.33 bits per heavy atom. The molecule has 3 N–H and O–H groups in total. The van der Waals surface area contributed by atoms with Gasteiger partial charge < -0.3 is 11.1 Å². The number of amides is 1. The second kappa shape index (κ2) is 3.05. The van der Waals surface area contributed by atoms with Crippen molar-refractivity contribution in [1.29, 1.82) is 0 Å². The van der Waals surface area contributed by atoms with Gasteiger partial charge >= 0.3 is 0 Å². The number of carbonyl (C=O) groups is 1. The van der Waals surface area contributed by atoms with E-state index in [1.54, 1.807) is 0 Å². The summed E-state index contributed by atoms with van der Waals surface area (Å²) in [5, 5.41) is 3.03. The highest BCUT2D eigenvalue weighted by Crippen LogP contribution is 2.29. The lowest BCUT2D eigenvalue weighted by Gasteiger charge is -2.39. The van der Waals surface area contributed by atoms with Crippen molar-refractivity contribution < 1.29 is 4.79 Å². The lowest BCUT2D eigenvalue weighted by atomic mass is 9.76. The van der Waals surface area contributed by atoms with Gasteiger partial charge in [0.15, 0.2) is 0 Å². The van der Waals surface area contributed by atoms with Crippen molar-refractivity contribution in [2.75, 3.05) is 0 Å². The van der Waals surface area contributed by atoms with E-state index in [1.807, 2.05) is 0 Å². The molecular weight excluding hydrogens is 152 g/mol. The van der Waals surface area contributed by atoms with Crippen LogP contribution in [0.25, 0.3) is 0 Å². The first-order valence-corrected chi connectivity index (χ1v) is 4.82. The zero-order chi connectivity index (χ0) is 8.55. The minimum Gasteiger partial charge on any atom is -0.353 e. The highest BCUT2D eigenvalue weighted by atomic mass is 16.1. The molecular formula is C9H16N2O. The van der Waals surface area contributed by atoms with Gasteiger partial charge in [0.25, 0.3) is 0 Å². The first-order chi connectivity index (χ1) is 5.77. The highest BCUT2D eigenvalue weighted by Gasteiger charge is 2.35. The smallest absolute Gasteiger partial charge is 0.220 e. The molecule has 1 aliphatic carbocycles. The van der Waals surface area contributed by atoms with E-state index in [0.717, 1.165) is 19.3 Å². The van der Waals surface area contributed by atoms with Crippen molar-refractivity contribution >= 4 is 5.91 Å². The lowest BCUT2D eigenvalue weighted by Crippen LogP contribution is -2.53. The van der Waals surface area contributed by atoms with Gasteiger partial charge in [-0.15, -0.1) is 0 Å². The molecule has 0 aromatic heterocycles. The average molecular weight is 168 g/mol. The fourth-order valence-electron chi connectivity index (χ4n) is 2.47. The van der Waals surface area contributed by atoms with Crippen LogP contribution >= 0.6 is 0 Å². The third-order valence-electron chi connectivity index (χ3n) is 3.17. The summed E-state index contributed by atoms with van der Waals surface area (Å²) in [6.45, 7) is 0. The van der Waals surface area contributed by atoms with Crippen LogP contribution in [0.3, 0.4) is 0 Å². The van der Waals surface area contributed by atoms with Gasteiger partial charge in [-0.3, -0.25) is 4.79 Å². The van der Waals surface area contributed by atoms with Crippen LogP contribution in [-0.4, -0.2) is 18.0 Å². The van der Waals surface area contributed by atoms with E-state index >= 15 is 0 Å². The second-order valence-electron chi connectivity index (χ2n) is 3.97. The number of fused-ring (bicyclic) bond motifs is 1. The van der Waals surface area contributed by atoms with Gasteiger partial charge in [-0.25, -0.2) is 0 Å². The zero-order valence-corrected chi connectivity index (χ0v) is 7.25. The Hall–Kier alpha value is -0.570. The molecule has 0 aromatic carbocycles. The normalized spacial score (nSPS) is 41.8. The number of piperidine rings is 1. The number of hydrogen-bond acceptors (Lipinski definition) is 2. The van der Waals surface area contributed by atoms with E-state index < -0.39 is 0 Å². The molecule has 0 aromatic rings. The summed E-state index contributed by atoms with van der Waals surface area (Å²) in [6, 6.07) is 0.708. The molecule has 3 nitrogen and oxygen atoms in total. The summed E-state index contributed by atoms with van der Waals surface area (Å²) in [6.07, 6.45) is 5.11. The zero-order valence-electron chi connectivity index (χ0n) is 7.25. The number of rotatable bonds is 0. The summed E-state index contributed by atoms with van der Waals surface area (Å²) in [5.74, 6) is 0.766. The predicted molar refractivity (Wildman–Crippen MR) is 46.5 cm³/mol. The Labute approximate surface area is 72.7 Å². The summed E-state index contributed by atoms with van der Waals surface area (Å²) in [5.41, 5.74) is 5.98. The number of carbonyl (C=O) groups excluding carboxylic acids is 1. The van der Waals surface area contributed by atoms with Gasteiger partial charge in [0.1, 0.15) is 0 Å². The van der Waals surface area contributed by atoms with Crippen molar-refractivity contribution in [1.82, 2.24) is 5.32 Å². The molecule has 2 aliphatic rings. The summed E-state index contributed by atoms with van der Waals surface area (Å²) >= 11 is 0. The van der Waals surface area contributed by atoms with Crippen molar-refractivity contribution in [2.45, 2.75) is 44.2 Å². The summed E-state index contributed by atoms with van der Waals surface area (Å²) in [4.78, 5) is 11.1. The maximum absolute atomic E-state index is 11.1. The molecule has 3 atom stereocenters. The van der Waals surface area contributed by atoms with E-state index in [2.05, 4.69) is 5.32 Å². The average Bonchev–Trinajstić information content (AvgIpc) is 2.04. The number of nitrogens with one attached hydrogen (secondary N) is 1. The first kappa shape index (κ1) is 8.05. The molecule has 2 fully saturated rings. The second-order valence-corrected chi connectivity index (χ2v) is 3.97. The quantitative estimate of drug-likeness (QED) is 0.550. The van der Waals surface area contributed by atoms with E-state index in [0.29, 0.717) is 24.4 Å². The molecule has 2 rings (SSSR count). The van der Waals surface area contributed by atoms with Crippen LogP contribution in [0.5, 0.6) is 0 Å². The van der Waals surface area contributed by atoms with Crippen molar-refractivity contribution in [3.63, 3.8) is 0 Å². The van der Waals surface area contributed by atoms with Gasteiger partial charge in [-0.05, 0) is 31.6 Å². The highest BCUT2D eigenvalue weighted by molar-refractivity contribution is 5.77. The number of nitrogens with two attached hydrogens (primary N) is 1. The molecule has 0 radical (unpaired) electrons. The molecule has 12 heavy (non-hydrogen) atoms. The van der Waals surface area contributed by atoms with Gasteiger partial charge in [0.05, 0.1) is 0 Å². The Kier molecular flexibility index (Phi) is 2.05. The van der Waals surface area contributed by atoms with E-state index in [1.165, 1.54) is 6.42 Å². The van der Waals surface area contributed by atoms with Crippen molar-refractivity contribution in [3.05, 3.63) is 0 Å². The minimum absolute atomic E-state index is 0.213. The molecule has 0 unspecified atom stereocenters. The largest absolute Gasteiger partial charge is 0.353 e. The predicted octanol–water partition coefficient (Wildman–Crippen LogP) is 0.392. The van der Waals surface area contributed by atoms with E-state index in [-0.39, 0.29) is 5.91 Å². The lowest BCUT2D eigenvalue weighted by molar-refractivity contribution is -0.125. The van der Waals surface area contributed by atoms with Crippen LogP contribution in [0.15, 0.2) is 0 Å². The Bertz CT molecular complexity index is 193. The van der Waals surface area contributed by atoms with Crippen LogP contribution < -0.4 is 11.1 Å². The van der Waals surface area contributed by atoms with Crippen molar-refractivity contribution in [3.8, 4) is 0 Å². The van der Waals surface area contributed by atoms with Crippen LogP contribution in [0.2, 0.25) is 0 Å². The van der Waals surface area contributed by atoms with Gasteiger partial charge in [0.2, 0.25) is 5.91 Å². The van der Waals surface area contributed by atoms with Gasteiger partial charge in [0, 0.05) is 18.5 Å². The first-order valence-electron chi connectivity index (χ1n) is 4.82. The van der Waals surface area contributed by atoms with E-state index in [4.69, 9.17) is 5.73 Å². The summed E-state index contributed by atoms with van der Waals surface area (Å²) in [7, 11) is 0. The Balaban J connectivity index is 2.04. The maximum atomic E-state index is 11.1. The monoisotopic (exact) mass is 168 g/mol. The third-order valence-corrected chi connectivity index (χ3v) is 3.17. The molecule has 1 aliphatic heterocycles. The fourth-order valence-corrected chi connectivity index (χ4v) is 2.47. The number of hydrogen-bond donors (Lipinski definition) is 2. The van der Waals surface area contributed by atoms with Crippen LogP contribution in [0.4, 0.5) is 0 Å². The summed E-state index contributed by atoms with van der Waals surface area (Å²) < 4.78 is 0. The standard InChI is InChI=1S/C9H16N2O/c10-7-2-1-3-8-6(7)4-5-9(12)11-8/h6-8H,1-5,10H2,(H,11,12)/t6-,7-,8-/m1/s1. The molecule has 0 bridgehead atoms. The van der Waals surface area contributed by atoms with Crippen LogP contribution in [0, 0.1) is 5.92 Å². The minimum atomic E-state index is 0.213. The molecule has 3 heteroatoms. The molecule has 1 heterocycles. The molecule has 68 valence electrons. The fraction of sp³-hybridized carbons (Fsp3) is 0.889. The molecule has 1 amide bonds. The Morgan fingerprint density at radius 2 is 2.17 bits per heavy atom. The SMILES string of the molecule is N[C@@H]1CCC[C@H]2NC(=O)CC[C@H]12. The molecule has 1 saturated carbocycles. The molecule has 0 spiro atoms. The molecule has 1 saturated heterocycles. The Morgan fingerprint density at radius 3 is 3.00 bits per heavy atom. The van der Waals surface area contributed by atoms with Crippen LogP contribution in [0.1, 0.15) is 32.1 Å². The van der Waals surface area contributed by atoms with Gasteiger partial charge in [-0.2, -0.15) is 0 Å². The van der Waals surface area contributed by atoms with E-state index in [9.17, 15) is 4.79 Å². The topological polar surface area (TPSA) is 55.1 Å². The third kappa shape index (κ3) is 1.33. The van der Waals surface area contributed by atoms with Crippen molar-refractivity contribution in [2.24, 2.45) is 11.7 Å².